The number of carbonyl (C=O) groups excluding carboxylic acids is 2. The normalized spacial score (nSPS) is 24.4. The maximum absolute atomic E-state index is 12.7. The maximum Gasteiger partial charge on any atom is 0.320 e. The van der Waals surface area contributed by atoms with Gasteiger partial charge in [0.05, 0.1) is 0 Å². The molecule has 2 aliphatic rings. The number of likely N-dealkylation sites (tertiary alicyclic amines) is 1. The fourth-order valence-corrected chi connectivity index (χ4v) is 2.98. The van der Waals surface area contributed by atoms with Crippen LogP contribution in [-0.2, 0) is 4.79 Å². The van der Waals surface area contributed by atoms with Crippen molar-refractivity contribution in [2.24, 2.45) is 0 Å². The van der Waals surface area contributed by atoms with Gasteiger partial charge in [0, 0.05) is 33.2 Å². The molecular formula is C14H25N3O2. The van der Waals surface area contributed by atoms with Crippen LogP contribution in [0.15, 0.2) is 0 Å². The summed E-state index contributed by atoms with van der Waals surface area (Å²) >= 11 is 0. The average molecular weight is 267 g/mol. The van der Waals surface area contributed by atoms with Gasteiger partial charge in [-0.3, -0.25) is 4.79 Å². The van der Waals surface area contributed by atoms with Crippen LogP contribution >= 0.6 is 0 Å². The molecule has 2 heterocycles. The SMILES string of the molecule is CN1CCN(C(=O)N2CCCCCC2)C(C)(C)C1=O. The predicted octanol–water partition coefficient (Wildman–Crippen LogP) is 1.53. The first-order valence-corrected chi connectivity index (χ1v) is 7.26. The lowest BCUT2D eigenvalue weighted by molar-refractivity contribution is -0.144. The summed E-state index contributed by atoms with van der Waals surface area (Å²) in [5.41, 5.74) is -0.726. The second-order valence-corrected chi connectivity index (χ2v) is 6.12. The van der Waals surface area contributed by atoms with Gasteiger partial charge in [-0.2, -0.15) is 0 Å². The first-order valence-electron chi connectivity index (χ1n) is 7.26. The van der Waals surface area contributed by atoms with E-state index in [1.165, 1.54) is 12.8 Å². The molecule has 0 bridgehead atoms. The van der Waals surface area contributed by atoms with Crippen molar-refractivity contribution in [3.8, 4) is 0 Å². The monoisotopic (exact) mass is 267 g/mol. The Hall–Kier alpha value is -1.26. The van der Waals surface area contributed by atoms with Crippen LogP contribution in [-0.4, -0.2) is 65.4 Å². The van der Waals surface area contributed by atoms with E-state index in [4.69, 9.17) is 0 Å². The average Bonchev–Trinajstić information content (AvgIpc) is 2.64. The fourth-order valence-electron chi connectivity index (χ4n) is 2.98. The van der Waals surface area contributed by atoms with Crippen LogP contribution in [0.3, 0.4) is 0 Å². The van der Waals surface area contributed by atoms with E-state index in [-0.39, 0.29) is 11.9 Å². The number of carbonyl (C=O) groups is 2. The summed E-state index contributed by atoms with van der Waals surface area (Å²) in [7, 11) is 1.80. The van der Waals surface area contributed by atoms with E-state index in [9.17, 15) is 9.59 Å². The van der Waals surface area contributed by atoms with Crippen LogP contribution in [0.4, 0.5) is 4.79 Å². The van der Waals surface area contributed by atoms with Crippen LogP contribution in [0.1, 0.15) is 39.5 Å². The molecule has 108 valence electrons. The van der Waals surface area contributed by atoms with Gasteiger partial charge in [0.1, 0.15) is 5.54 Å². The summed E-state index contributed by atoms with van der Waals surface area (Å²) in [4.78, 5) is 30.3. The van der Waals surface area contributed by atoms with Crippen molar-refractivity contribution in [1.82, 2.24) is 14.7 Å². The van der Waals surface area contributed by atoms with Crippen LogP contribution in [0, 0.1) is 0 Å². The third-order valence-electron chi connectivity index (χ3n) is 4.31. The van der Waals surface area contributed by atoms with Crippen LogP contribution in [0.25, 0.3) is 0 Å². The molecule has 0 saturated carbocycles. The third kappa shape index (κ3) is 2.69. The second-order valence-electron chi connectivity index (χ2n) is 6.12. The number of hydrogen-bond donors (Lipinski definition) is 0. The summed E-state index contributed by atoms with van der Waals surface area (Å²) in [5.74, 6) is 0.0296. The Kier molecular flexibility index (Phi) is 4.02. The van der Waals surface area contributed by atoms with Crippen molar-refractivity contribution in [3.05, 3.63) is 0 Å². The molecular weight excluding hydrogens is 242 g/mol. The number of likely N-dealkylation sites (N-methyl/N-ethyl adjacent to an activating group) is 1. The molecule has 0 aromatic rings. The molecule has 3 amide bonds. The highest BCUT2D eigenvalue weighted by Crippen LogP contribution is 2.24. The summed E-state index contributed by atoms with van der Waals surface area (Å²) in [6.07, 6.45) is 4.56. The molecule has 2 aliphatic heterocycles. The first kappa shape index (κ1) is 14.2. The molecule has 0 aromatic carbocycles. The van der Waals surface area contributed by atoms with Gasteiger partial charge in [0.2, 0.25) is 5.91 Å². The minimum atomic E-state index is -0.726. The Morgan fingerprint density at radius 3 is 2.16 bits per heavy atom. The van der Waals surface area contributed by atoms with E-state index in [0.29, 0.717) is 13.1 Å². The number of piperazine rings is 1. The molecule has 0 atom stereocenters. The van der Waals surface area contributed by atoms with Gasteiger partial charge < -0.3 is 14.7 Å². The summed E-state index contributed by atoms with van der Waals surface area (Å²) in [5, 5.41) is 0. The highest BCUT2D eigenvalue weighted by molar-refractivity contribution is 5.91. The Bertz CT molecular complexity index is 360. The van der Waals surface area contributed by atoms with Gasteiger partial charge in [-0.25, -0.2) is 4.79 Å². The first-order chi connectivity index (χ1) is 8.94. The molecule has 0 unspecified atom stereocenters. The number of hydrogen-bond acceptors (Lipinski definition) is 2. The van der Waals surface area contributed by atoms with Crippen LogP contribution in [0.2, 0.25) is 0 Å². The maximum atomic E-state index is 12.7. The van der Waals surface area contributed by atoms with Crippen molar-refractivity contribution >= 4 is 11.9 Å². The minimum Gasteiger partial charge on any atom is -0.342 e. The quantitative estimate of drug-likeness (QED) is 0.668. The molecule has 2 saturated heterocycles. The lowest BCUT2D eigenvalue weighted by atomic mass is 9.98. The van der Waals surface area contributed by atoms with E-state index in [0.717, 1.165) is 25.9 Å². The zero-order valence-electron chi connectivity index (χ0n) is 12.3. The summed E-state index contributed by atoms with van der Waals surface area (Å²) in [6.45, 7) is 6.61. The van der Waals surface area contributed by atoms with Crippen molar-refractivity contribution in [3.63, 3.8) is 0 Å². The van der Waals surface area contributed by atoms with Gasteiger partial charge in [-0.05, 0) is 26.7 Å². The second kappa shape index (κ2) is 5.39. The Balaban J connectivity index is 2.11. The fraction of sp³-hybridized carbons (Fsp3) is 0.857. The van der Waals surface area contributed by atoms with E-state index < -0.39 is 5.54 Å². The van der Waals surface area contributed by atoms with Gasteiger partial charge in [0.25, 0.3) is 0 Å². The predicted molar refractivity (Wildman–Crippen MR) is 73.9 cm³/mol. The zero-order chi connectivity index (χ0) is 14.0. The molecule has 19 heavy (non-hydrogen) atoms. The topological polar surface area (TPSA) is 43.9 Å². The van der Waals surface area contributed by atoms with E-state index in [1.807, 2.05) is 18.7 Å². The van der Waals surface area contributed by atoms with Gasteiger partial charge >= 0.3 is 6.03 Å². The van der Waals surface area contributed by atoms with Crippen molar-refractivity contribution in [2.75, 3.05) is 33.2 Å². The number of amides is 3. The van der Waals surface area contributed by atoms with E-state index in [2.05, 4.69) is 0 Å². The smallest absolute Gasteiger partial charge is 0.320 e. The molecule has 5 heteroatoms. The summed E-state index contributed by atoms with van der Waals surface area (Å²) < 4.78 is 0. The van der Waals surface area contributed by atoms with Gasteiger partial charge in [-0.1, -0.05) is 12.8 Å². The number of rotatable bonds is 0. The van der Waals surface area contributed by atoms with Crippen LogP contribution in [0.5, 0.6) is 0 Å². The Morgan fingerprint density at radius 1 is 1.00 bits per heavy atom. The molecule has 2 fully saturated rings. The van der Waals surface area contributed by atoms with Crippen molar-refractivity contribution in [1.29, 1.82) is 0 Å². The Morgan fingerprint density at radius 2 is 1.58 bits per heavy atom. The highest BCUT2D eigenvalue weighted by Gasteiger charge is 2.44. The molecule has 0 aromatic heterocycles. The molecule has 0 radical (unpaired) electrons. The minimum absolute atomic E-state index is 0.0296. The molecule has 2 rings (SSSR count). The number of nitrogens with zero attached hydrogens (tertiary/aromatic N) is 3. The lowest BCUT2D eigenvalue weighted by Crippen LogP contribution is -2.65. The van der Waals surface area contributed by atoms with Crippen molar-refractivity contribution < 1.29 is 9.59 Å². The largest absolute Gasteiger partial charge is 0.342 e. The van der Waals surface area contributed by atoms with E-state index >= 15 is 0 Å². The molecule has 0 N–H and O–H groups in total. The van der Waals surface area contributed by atoms with Gasteiger partial charge in [-0.15, -0.1) is 0 Å². The number of urea groups is 1. The third-order valence-corrected chi connectivity index (χ3v) is 4.31. The Labute approximate surface area is 115 Å². The molecule has 5 nitrogen and oxygen atoms in total. The van der Waals surface area contributed by atoms with E-state index in [1.54, 1.807) is 16.8 Å². The highest BCUT2D eigenvalue weighted by atomic mass is 16.2. The van der Waals surface area contributed by atoms with Crippen LogP contribution < -0.4 is 0 Å². The molecule has 0 spiro atoms. The standard InChI is InChI=1S/C14H25N3O2/c1-14(2)12(18)15(3)10-11-17(14)13(19)16-8-6-4-5-7-9-16/h4-11H2,1-3H3. The summed E-state index contributed by atoms with van der Waals surface area (Å²) in [6, 6.07) is 0.0355. The zero-order valence-corrected chi connectivity index (χ0v) is 12.3. The molecule has 0 aliphatic carbocycles. The van der Waals surface area contributed by atoms with Gasteiger partial charge in [0.15, 0.2) is 0 Å². The lowest BCUT2D eigenvalue weighted by Gasteiger charge is -2.46. The van der Waals surface area contributed by atoms with Crippen molar-refractivity contribution in [2.45, 2.75) is 45.1 Å².